The molecule has 0 radical (unpaired) electrons. The molecule has 0 aromatic heterocycles. The highest BCUT2D eigenvalue weighted by Crippen LogP contribution is 2.48. The van der Waals surface area contributed by atoms with Crippen LogP contribution in [-0.2, 0) is 0 Å². The van der Waals surface area contributed by atoms with Crippen molar-refractivity contribution in [3.63, 3.8) is 0 Å². The monoisotopic (exact) mass is 223 g/mol. The molecule has 1 aliphatic heterocycles. The second-order valence-electron chi connectivity index (χ2n) is 4.01. The highest BCUT2D eigenvalue weighted by Gasteiger charge is 2.64. The van der Waals surface area contributed by atoms with Gasteiger partial charge in [0.15, 0.2) is 0 Å². The second kappa shape index (κ2) is 2.66. The topological polar surface area (TPSA) is 37.4 Å². The maximum absolute atomic E-state index is 12.9. The number of hydrogen-bond donors (Lipinski definition) is 0. The first-order valence-corrected chi connectivity index (χ1v) is 4.87. The maximum Gasteiger partial charge on any atom is 0.271 e. The Kier molecular flexibility index (Phi) is 1.57. The van der Waals surface area contributed by atoms with Crippen molar-refractivity contribution in [1.29, 1.82) is 0 Å². The van der Waals surface area contributed by atoms with Crippen LogP contribution in [0.5, 0.6) is 0 Å². The second-order valence-corrected chi connectivity index (χ2v) is 4.01. The molecule has 1 atom stereocenters. The Bertz CT molecular complexity index is 477. The van der Waals surface area contributed by atoms with Crippen molar-refractivity contribution in [1.82, 2.24) is 4.90 Å². The van der Waals surface area contributed by atoms with Gasteiger partial charge in [-0.3, -0.25) is 14.5 Å². The molecule has 0 bridgehead atoms. The number of carbonyl (C=O) groups is 2. The Labute approximate surface area is 89.7 Å². The summed E-state index contributed by atoms with van der Waals surface area (Å²) in [6.07, 6.45) is -0.418. The number of halogens is 2. The quantitative estimate of drug-likeness (QED) is 0.679. The first kappa shape index (κ1) is 9.45. The fourth-order valence-electron chi connectivity index (χ4n) is 1.97. The summed E-state index contributed by atoms with van der Waals surface area (Å²) in [5.74, 6) is -4.13. The number of benzene rings is 1. The third kappa shape index (κ3) is 1.05. The highest BCUT2D eigenvalue weighted by atomic mass is 19.3. The van der Waals surface area contributed by atoms with E-state index in [-0.39, 0.29) is 11.1 Å². The summed E-state index contributed by atoms with van der Waals surface area (Å²) >= 11 is 0. The van der Waals surface area contributed by atoms with E-state index >= 15 is 0 Å². The first-order valence-electron chi connectivity index (χ1n) is 4.87. The molecule has 1 unspecified atom stereocenters. The number of carbonyl (C=O) groups excluding carboxylic acids is 2. The van der Waals surface area contributed by atoms with Crippen LogP contribution in [0.2, 0.25) is 0 Å². The number of hydrogen-bond acceptors (Lipinski definition) is 2. The van der Waals surface area contributed by atoms with Crippen LogP contribution < -0.4 is 0 Å². The van der Waals surface area contributed by atoms with Gasteiger partial charge in [-0.2, -0.15) is 0 Å². The molecule has 1 heterocycles. The zero-order valence-corrected chi connectivity index (χ0v) is 8.11. The van der Waals surface area contributed by atoms with Crippen LogP contribution >= 0.6 is 0 Å². The van der Waals surface area contributed by atoms with Gasteiger partial charge in [-0.15, -0.1) is 0 Å². The highest BCUT2D eigenvalue weighted by molar-refractivity contribution is 6.21. The van der Waals surface area contributed by atoms with Gasteiger partial charge in [-0.05, 0) is 12.1 Å². The summed E-state index contributed by atoms with van der Waals surface area (Å²) in [6.45, 7) is 0. The number of fused-ring (bicyclic) bond motifs is 1. The number of rotatable bonds is 1. The molecule has 16 heavy (non-hydrogen) atoms. The molecule has 1 saturated carbocycles. The molecule has 0 spiro atoms. The maximum atomic E-state index is 12.9. The molecule has 5 heteroatoms. The molecule has 1 fully saturated rings. The van der Waals surface area contributed by atoms with Crippen LogP contribution in [-0.4, -0.2) is 28.7 Å². The normalized spacial score (nSPS) is 25.9. The lowest BCUT2D eigenvalue weighted by Gasteiger charge is -2.12. The zero-order valence-electron chi connectivity index (χ0n) is 8.11. The predicted octanol–water partition coefficient (Wildman–Crippen LogP) is 1.69. The minimum Gasteiger partial charge on any atom is -0.269 e. The number of imide groups is 1. The van der Waals surface area contributed by atoms with E-state index in [2.05, 4.69) is 0 Å². The Morgan fingerprint density at radius 2 is 1.56 bits per heavy atom. The largest absolute Gasteiger partial charge is 0.271 e. The third-order valence-electron chi connectivity index (χ3n) is 2.93. The summed E-state index contributed by atoms with van der Waals surface area (Å²) in [5, 5.41) is 0. The van der Waals surface area contributed by atoms with Gasteiger partial charge in [-0.1, -0.05) is 12.1 Å². The Hall–Kier alpha value is -1.78. The minimum absolute atomic E-state index is 0.218. The van der Waals surface area contributed by atoms with Crippen molar-refractivity contribution < 1.29 is 18.4 Å². The fourth-order valence-corrected chi connectivity index (χ4v) is 1.97. The lowest BCUT2D eigenvalue weighted by Crippen LogP contribution is -2.34. The molecule has 3 nitrogen and oxygen atoms in total. The van der Waals surface area contributed by atoms with Crippen molar-refractivity contribution in [3.05, 3.63) is 35.4 Å². The molecule has 0 saturated heterocycles. The van der Waals surface area contributed by atoms with Crippen LogP contribution in [0.1, 0.15) is 27.1 Å². The van der Waals surface area contributed by atoms with Crippen molar-refractivity contribution in [2.45, 2.75) is 18.4 Å². The van der Waals surface area contributed by atoms with Gasteiger partial charge in [0.2, 0.25) is 0 Å². The van der Waals surface area contributed by atoms with Crippen LogP contribution in [0.15, 0.2) is 24.3 Å². The molecule has 2 aliphatic rings. The van der Waals surface area contributed by atoms with Gasteiger partial charge in [-0.25, -0.2) is 8.78 Å². The minimum atomic E-state index is -2.91. The van der Waals surface area contributed by atoms with E-state index in [9.17, 15) is 18.4 Å². The Morgan fingerprint density at radius 3 is 1.94 bits per heavy atom. The van der Waals surface area contributed by atoms with Gasteiger partial charge >= 0.3 is 0 Å². The van der Waals surface area contributed by atoms with E-state index in [4.69, 9.17) is 0 Å². The molecule has 3 rings (SSSR count). The van der Waals surface area contributed by atoms with Gasteiger partial charge < -0.3 is 0 Å². The zero-order chi connectivity index (χ0) is 11.5. The van der Waals surface area contributed by atoms with Crippen molar-refractivity contribution in [2.75, 3.05) is 0 Å². The fraction of sp³-hybridized carbons (Fsp3) is 0.273. The van der Waals surface area contributed by atoms with E-state index in [1.54, 1.807) is 12.1 Å². The van der Waals surface area contributed by atoms with Crippen molar-refractivity contribution in [3.8, 4) is 0 Å². The average Bonchev–Trinajstić information content (AvgIpc) is 2.78. The predicted molar refractivity (Wildman–Crippen MR) is 50.3 cm³/mol. The van der Waals surface area contributed by atoms with Gasteiger partial charge in [0.05, 0.1) is 11.1 Å². The summed E-state index contributed by atoms with van der Waals surface area (Å²) in [5.41, 5.74) is 0.436. The summed E-state index contributed by atoms with van der Waals surface area (Å²) < 4.78 is 25.7. The third-order valence-corrected chi connectivity index (χ3v) is 2.93. The van der Waals surface area contributed by atoms with Crippen LogP contribution in [0.3, 0.4) is 0 Å². The SMILES string of the molecule is O=C1c2ccccc2C(=O)N1C1CC1(F)F. The van der Waals surface area contributed by atoms with Crippen LogP contribution in [0.25, 0.3) is 0 Å². The van der Waals surface area contributed by atoms with E-state index in [1.165, 1.54) is 12.1 Å². The molecule has 0 N–H and O–H groups in total. The van der Waals surface area contributed by atoms with Crippen LogP contribution in [0.4, 0.5) is 8.78 Å². The number of amides is 2. The molecule has 1 aromatic carbocycles. The molecule has 2 amide bonds. The number of alkyl halides is 2. The standard InChI is InChI=1S/C11H7F2NO2/c12-11(13)5-8(11)14-9(15)6-3-1-2-4-7(6)10(14)16/h1-4,8H,5H2. The molecular formula is C11H7F2NO2. The van der Waals surface area contributed by atoms with Gasteiger partial charge in [0.25, 0.3) is 17.7 Å². The smallest absolute Gasteiger partial charge is 0.269 e. The molecule has 82 valence electrons. The molecule has 1 aromatic rings. The lowest BCUT2D eigenvalue weighted by molar-refractivity contribution is 0.0465. The van der Waals surface area contributed by atoms with Crippen molar-refractivity contribution >= 4 is 11.8 Å². The summed E-state index contributed by atoms with van der Waals surface area (Å²) in [7, 11) is 0. The Morgan fingerprint density at radius 1 is 1.12 bits per heavy atom. The molecule has 1 aliphatic carbocycles. The van der Waals surface area contributed by atoms with Crippen molar-refractivity contribution in [2.24, 2.45) is 0 Å². The van der Waals surface area contributed by atoms with E-state index in [0.717, 1.165) is 0 Å². The number of nitrogens with zero attached hydrogens (tertiary/aromatic N) is 1. The molecular weight excluding hydrogens is 216 g/mol. The van der Waals surface area contributed by atoms with Gasteiger partial charge in [0.1, 0.15) is 6.04 Å². The lowest BCUT2D eigenvalue weighted by atomic mass is 10.1. The van der Waals surface area contributed by atoms with E-state index < -0.39 is 30.2 Å². The Balaban J connectivity index is 2.03. The average molecular weight is 223 g/mol. The summed E-state index contributed by atoms with van der Waals surface area (Å²) in [6, 6.07) is 4.93. The summed E-state index contributed by atoms with van der Waals surface area (Å²) in [4.78, 5) is 24.2. The van der Waals surface area contributed by atoms with Gasteiger partial charge in [0, 0.05) is 6.42 Å². The van der Waals surface area contributed by atoms with E-state index in [0.29, 0.717) is 4.90 Å². The van der Waals surface area contributed by atoms with Crippen LogP contribution in [0, 0.1) is 0 Å². The van der Waals surface area contributed by atoms with E-state index in [1.807, 2.05) is 0 Å². The first-order chi connectivity index (χ1) is 7.52.